The van der Waals surface area contributed by atoms with E-state index in [-0.39, 0.29) is 16.2 Å². The summed E-state index contributed by atoms with van der Waals surface area (Å²) in [4.78, 5) is 6.14. The van der Waals surface area contributed by atoms with Crippen LogP contribution in [0.1, 0.15) is 77.8 Å². The first kappa shape index (κ1) is 39.7. The van der Waals surface area contributed by atoms with Crippen molar-refractivity contribution in [2.75, 3.05) is 9.80 Å². The Morgan fingerprint density at radius 3 is 1.55 bits per heavy atom. The number of fused-ring (bicyclic) bond motifs is 12. The highest BCUT2D eigenvalue weighted by Gasteiger charge is 2.43. The number of anilines is 6. The van der Waals surface area contributed by atoms with E-state index in [1.807, 2.05) is 11.3 Å². The Bertz CT molecular complexity index is 3620. The average molecular weight is 860 g/mol. The number of hydrogen-bond acceptors (Lipinski definition) is 3. The average Bonchev–Trinajstić information content (AvgIpc) is 4.01. The Hall–Kier alpha value is -6.88. The summed E-state index contributed by atoms with van der Waals surface area (Å²) in [6.07, 6.45) is 0. The van der Waals surface area contributed by atoms with Crippen molar-refractivity contribution in [3.63, 3.8) is 0 Å². The van der Waals surface area contributed by atoms with Crippen LogP contribution in [0.2, 0.25) is 0 Å². The van der Waals surface area contributed by atoms with Gasteiger partial charge in [0.2, 0.25) is 0 Å². The van der Waals surface area contributed by atoms with Gasteiger partial charge >= 0.3 is 0 Å². The van der Waals surface area contributed by atoms with Crippen LogP contribution in [-0.4, -0.2) is 4.40 Å². The lowest BCUT2D eigenvalue weighted by atomic mass is 9.85. The molecule has 11 aromatic rings. The molecule has 0 radical (unpaired) electrons. The maximum Gasteiger partial charge on any atom is 0.109 e. The predicted octanol–water partition coefficient (Wildman–Crippen LogP) is 17.9. The fraction of sp³-hybridized carbons (Fsp3) is 0.180. The van der Waals surface area contributed by atoms with Crippen LogP contribution in [0.3, 0.4) is 0 Å². The summed E-state index contributed by atoms with van der Waals surface area (Å²) in [6, 6.07) is 65.7. The van der Waals surface area contributed by atoms with E-state index in [1.165, 1.54) is 86.6 Å². The molecule has 1 aliphatic rings. The molecule has 0 spiro atoms. The molecule has 318 valence electrons. The molecule has 0 saturated heterocycles. The summed E-state index contributed by atoms with van der Waals surface area (Å²) < 4.78 is 3.97. The zero-order valence-electron chi connectivity index (χ0n) is 38.5. The molecule has 1 aliphatic carbocycles. The summed E-state index contributed by atoms with van der Waals surface area (Å²) in [5.74, 6) is 0. The van der Waals surface area contributed by atoms with Crippen LogP contribution in [-0.2, 0) is 16.2 Å². The second-order valence-electron chi connectivity index (χ2n) is 20.7. The standard InChI is InChI=1S/C61H53N3S/c1-59(2,3)39-23-27-43(28-24-39)62(41-18-11-9-12-19-41)45-31-33-48-51(36-45)61(7,8)57-55(48)54-47-22-16-15-17-38(47)35-50-53-49-34-32-46(37-52(49)65-58(53)64(57)56(50)54)63(42-20-13-10-14-21-42)44-29-25-40(26-30-44)60(4,5)6/h9-37H,1-8H3. The van der Waals surface area contributed by atoms with Crippen LogP contribution in [0, 0.1) is 0 Å². The minimum Gasteiger partial charge on any atom is -0.310 e. The summed E-state index contributed by atoms with van der Waals surface area (Å²) in [5, 5.41) is 7.97. The third kappa shape index (κ3) is 6.00. The van der Waals surface area contributed by atoms with Gasteiger partial charge in [0.1, 0.15) is 4.83 Å². The minimum absolute atomic E-state index is 0.0772. The number of aromatic nitrogens is 1. The molecule has 0 amide bonds. The zero-order chi connectivity index (χ0) is 44.6. The maximum absolute atomic E-state index is 2.67. The van der Waals surface area contributed by atoms with Crippen LogP contribution < -0.4 is 9.80 Å². The van der Waals surface area contributed by atoms with E-state index >= 15 is 0 Å². The molecule has 8 aromatic carbocycles. The lowest BCUT2D eigenvalue weighted by Crippen LogP contribution is -2.18. The van der Waals surface area contributed by atoms with Crippen LogP contribution in [0.25, 0.3) is 58.5 Å². The Morgan fingerprint density at radius 1 is 0.462 bits per heavy atom. The normalized spacial score (nSPS) is 13.7. The van der Waals surface area contributed by atoms with Crippen molar-refractivity contribution in [3.05, 3.63) is 198 Å². The third-order valence-corrected chi connectivity index (χ3v) is 15.3. The van der Waals surface area contributed by atoms with Crippen molar-refractivity contribution < 1.29 is 0 Å². The van der Waals surface area contributed by atoms with Gasteiger partial charge in [0.25, 0.3) is 0 Å². The number of thiophene rings is 1. The van der Waals surface area contributed by atoms with E-state index in [9.17, 15) is 0 Å². The molecule has 65 heavy (non-hydrogen) atoms. The Balaban J connectivity index is 1.06. The largest absolute Gasteiger partial charge is 0.310 e. The van der Waals surface area contributed by atoms with E-state index < -0.39 is 0 Å². The molecular weight excluding hydrogens is 807 g/mol. The highest BCUT2D eigenvalue weighted by atomic mass is 32.1. The van der Waals surface area contributed by atoms with Crippen molar-refractivity contribution >= 4 is 92.8 Å². The molecular formula is C61H53N3S. The Labute approximate surface area is 386 Å². The number of rotatable bonds is 6. The molecule has 12 rings (SSSR count). The van der Waals surface area contributed by atoms with E-state index in [1.54, 1.807) is 0 Å². The Kier molecular flexibility index (Phi) is 8.58. The summed E-state index contributed by atoms with van der Waals surface area (Å²) in [6.45, 7) is 18.6. The summed E-state index contributed by atoms with van der Waals surface area (Å²) >= 11 is 1.93. The van der Waals surface area contributed by atoms with Crippen molar-refractivity contribution in [1.29, 1.82) is 0 Å². The van der Waals surface area contributed by atoms with Crippen LogP contribution in [0.4, 0.5) is 34.1 Å². The van der Waals surface area contributed by atoms with Gasteiger partial charge in [0, 0.05) is 77.0 Å². The molecule has 0 aliphatic heterocycles. The fourth-order valence-corrected chi connectivity index (χ4v) is 12.1. The molecule has 3 heterocycles. The van der Waals surface area contributed by atoms with Gasteiger partial charge in [-0.15, -0.1) is 11.3 Å². The predicted molar refractivity (Wildman–Crippen MR) is 281 cm³/mol. The lowest BCUT2D eigenvalue weighted by molar-refractivity contribution is 0.590. The van der Waals surface area contributed by atoms with Gasteiger partial charge in [0.15, 0.2) is 0 Å². The SMILES string of the molecule is CC(C)(C)c1ccc(N(c2ccccc2)c2ccc3c(c2)C(C)(C)c2c-3c3c4ccccc4cc4c5c6ccc(N(c7ccccc7)c7ccc(C(C)(C)C)cc7)cc6sc5n2c43)cc1. The molecule has 4 heteroatoms. The van der Waals surface area contributed by atoms with E-state index in [0.717, 1.165) is 28.4 Å². The molecule has 0 unspecified atom stereocenters. The molecule has 3 nitrogen and oxygen atoms in total. The van der Waals surface area contributed by atoms with Crippen LogP contribution >= 0.6 is 11.3 Å². The van der Waals surface area contributed by atoms with Gasteiger partial charge in [-0.05, 0) is 123 Å². The van der Waals surface area contributed by atoms with Gasteiger partial charge in [-0.2, -0.15) is 0 Å². The first-order valence-corrected chi connectivity index (χ1v) is 23.8. The fourth-order valence-electron chi connectivity index (χ4n) is 10.8. The molecule has 0 bridgehead atoms. The lowest BCUT2D eigenvalue weighted by Gasteiger charge is -2.29. The second kappa shape index (κ2) is 14.1. The van der Waals surface area contributed by atoms with Crippen molar-refractivity contribution in [2.24, 2.45) is 0 Å². The third-order valence-electron chi connectivity index (χ3n) is 14.1. The quantitative estimate of drug-likeness (QED) is 0.165. The summed E-state index contributed by atoms with van der Waals surface area (Å²) in [5.41, 5.74) is 16.3. The first-order chi connectivity index (χ1) is 31.3. The van der Waals surface area contributed by atoms with Crippen molar-refractivity contribution in [1.82, 2.24) is 4.40 Å². The monoisotopic (exact) mass is 859 g/mol. The topological polar surface area (TPSA) is 10.9 Å². The molecule has 0 N–H and O–H groups in total. The van der Waals surface area contributed by atoms with Crippen molar-refractivity contribution in [2.45, 2.75) is 71.6 Å². The summed E-state index contributed by atoms with van der Waals surface area (Å²) in [7, 11) is 0. The van der Waals surface area contributed by atoms with Crippen LogP contribution in [0.5, 0.6) is 0 Å². The highest BCUT2D eigenvalue weighted by molar-refractivity contribution is 7.25. The Morgan fingerprint density at radius 2 is 0.969 bits per heavy atom. The number of nitrogens with zero attached hydrogens (tertiary/aromatic N) is 3. The minimum atomic E-state index is -0.289. The van der Waals surface area contributed by atoms with Gasteiger partial charge in [-0.1, -0.05) is 152 Å². The van der Waals surface area contributed by atoms with Crippen LogP contribution in [0.15, 0.2) is 176 Å². The molecule has 0 atom stereocenters. The second-order valence-corrected chi connectivity index (χ2v) is 21.7. The van der Waals surface area contributed by atoms with Gasteiger partial charge < -0.3 is 14.2 Å². The van der Waals surface area contributed by atoms with Gasteiger partial charge in [0.05, 0.1) is 5.52 Å². The van der Waals surface area contributed by atoms with E-state index in [2.05, 4.69) is 246 Å². The highest BCUT2D eigenvalue weighted by Crippen LogP contribution is 2.59. The molecule has 0 saturated carbocycles. The number of hydrogen-bond donors (Lipinski definition) is 0. The van der Waals surface area contributed by atoms with Gasteiger partial charge in [-0.25, -0.2) is 0 Å². The number of benzene rings is 8. The maximum atomic E-state index is 2.67. The first-order valence-electron chi connectivity index (χ1n) is 23.0. The van der Waals surface area contributed by atoms with E-state index in [0.29, 0.717) is 0 Å². The molecule has 3 aromatic heterocycles. The number of para-hydroxylation sites is 2. The molecule has 0 fully saturated rings. The zero-order valence-corrected chi connectivity index (χ0v) is 39.3. The van der Waals surface area contributed by atoms with E-state index in [4.69, 9.17) is 0 Å². The van der Waals surface area contributed by atoms with Crippen molar-refractivity contribution in [3.8, 4) is 11.1 Å². The smallest absolute Gasteiger partial charge is 0.109 e. The van der Waals surface area contributed by atoms with Gasteiger partial charge in [-0.3, -0.25) is 0 Å².